The van der Waals surface area contributed by atoms with Gasteiger partial charge in [-0.3, -0.25) is 0 Å². The smallest absolute Gasteiger partial charge is 0.138 e. The molecule has 24 heavy (non-hydrogen) atoms. The van der Waals surface area contributed by atoms with Crippen LogP contribution in [0.5, 0.6) is 0 Å². The van der Waals surface area contributed by atoms with Crippen LogP contribution >= 0.6 is 11.6 Å². The first-order valence-corrected chi connectivity index (χ1v) is 8.78. The van der Waals surface area contributed by atoms with Gasteiger partial charge in [0, 0.05) is 28.7 Å². The van der Waals surface area contributed by atoms with Crippen LogP contribution in [0.3, 0.4) is 0 Å². The molecule has 1 aliphatic rings. The summed E-state index contributed by atoms with van der Waals surface area (Å²) in [7, 11) is 0. The number of nitrogens with one attached hydrogen (secondary N) is 2. The fourth-order valence-corrected chi connectivity index (χ4v) is 4.12. The molecular formula is C18H26ClN5. The number of rotatable bonds is 4. The Labute approximate surface area is 148 Å². The Bertz CT molecular complexity index is 677. The summed E-state index contributed by atoms with van der Waals surface area (Å²) in [6, 6.07) is 6.39. The van der Waals surface area contributed by atoms with Crippen LogP contribution in [-0.4, -0.2) is 31.9 Å². The molecule has 1 saturated heterocycles. The monoisotopic (exact) mass is 347 g/mol. The van der Waals surface area contributed by atoms with E-state index in [1.54, 1.807) is 11.0 Å². The van der Waals surface area contributed by atoms with E-state index in [-0.39, 0.29) is 11.1 Å². The molecule has 1 fully saturated rings. The van der Waals surface area contributed by atoms with E-state index in [9.17, 15) is 0 Å². The van der Waals surface area contributed by atoms with Gasteiger partial charge in [-0.2, -0.15) is 5.10 Å². The fraction of sp³-hybridized carbons (Fsp3) is 0.556. The summed E-state index contributed by atoms with van der Waals surface area (Å²) < 4.78 is 1.76. The highest BCUT2D eigenvalue weighted by molar-refractivity contribution is 6.30. The van der Waals surface area contributed by atoms with E-state index in [4.69, 9.17) is 11.6 Å². The number of halogens is 1. The molecule has 0 unspecified atom stereocenters. The molecule has 0 spiro atoms. The molecule has 0 saturated carbocycles. The van der Waals surface area contributed by atoms with Gasteiger partial charge >= 0.3 is 0 Å². The molecule has 0 radical (unpaired) electrons. The molecule has 6 heteroatoms. The van der Waals surface area contributed by atoms with E-state index in [1.807, 2.05) is 12.1 Å². The van der Waals surface area contributed by atoms with Gasteiger partial charge in [-0.1, -0.05) is 17.7 Å². The van der Waals surface area contributed by atoms with E-state index in [0.717, 1.165) is 25.1 Å². The number of hydrogen-bond donors (Lipinski definition) is 2. The van der Waals surface area contributed by atoms with Crippen molar-refractivity contribution in [2.45, 2.75) is 64.2 Å². The lowest BCUT2D eigenvalue weighted by molar-refractivity contribution is 0.145. The lowest BCUT2D eigenvalue weighted by Gasteiger charge is -2.46. The molecule has 1 aliphatic heterocycles. The molecule has 130 valence electrons. The molecule has 0 aliphatic carbocycles. The normalized spacial score (nSPS) is 20.2. The van der Waals surface area contributed by atoms with Crippen molar-refractivity contribution in [3.05, 3.63) is 41.4 Å². The number of benzene rings is 1. The van der Waals surface area contributed by atoms with Crippen LogP contribution in [0.4, 0.5) is 0 Å². The van der Waals surface area contributed by atoms with E-state index < -0.39 is 0 Å². The first-order chi connectivity index (χ1) is 11.2. The molecule has 1 aromatic carbocycles. The quantitative estimate of drug-likeness (QED) is 0.890. The van der Waals surface area contributed by atoms with Crippen LogP contribution < -0.4 is 10.6 Å². The maximum absolute atomic E-state index is 6.17. The Hall–Kier alpha value is -1.43. The van der Waals surface area contributed by atoms with Crippen LogP contribution in [-0.2, 0) is 6.54 Å². The zero-order valence-corrected chi connectivity index (χ0v) is 15.6. The lowest BCUT2D eigenvalue weighted by atomic mass is 9.79. The number of aromatic nitrogens is 3. The van der Waals surface area contributed by atoms with Gasteiger partial charge in [0.1, 0.15) is 12.7 Å². The van der Waals surface area contributed by atoms with Crippen molar-refractivity contribution in [1.82, 2.24) is 25.4 Å². The second-order valence-electron chi connectivity index (χ2n) is 7.99. The fourth-order valence-electron chi connectivity index (χ4n) is 3.95. The van der Waals surface area contributed by atoms with Crippen molar-refractivity contribution >= 4 is 11.6 Å². The lowest BCUT2D eigenvalue weighted by Crippen LogP contribution is -2.61. The Kier molecular flexibility index (Phi) is 4.69. The molecule has 2 N–H and O–H groups in total. The Morgan fingerprint density at radius 1 is 1.25 bits per heavy atom. The SMILES string of the molecule is CC1(C)CC(NCc2ccc(Cl)cc2-n2cncn2)CC(C)(C)N1. The molecule has 3 rings (SSSR count). The summed E-state index contributed by atoms with van der Waals surface area (Å²) in [6.07, 6.45) is 5.44. The Morgan fingerprint density at radius 3 is 2.58 bits per heavy atom. The van der Waals surface area contributed by atoms with Gasteiger partial charge in [-0.15, -0.1) is 0 Å². The molecule has 2 heterocycles. The first-order valence-electron chi connectivity index (χ1n) is 8.40. The largest absolute Gasteiger partial charge is 0.310 e. The second kappa shape index (κ2) is 6.47. The third-order valence-corrected chi connectivity index (χ3v) is 4.72. The third-order valence-electron chi connectivity index (χ3n) is 4.48. The summed E-state index contributed by atoms with van der Waals surface area (Å²) in [5.41, 5.74) is 2.40. The van der Waals surface area contributed by atoms with E-state index in [0.29, 0.717) is 11.1 Å². The maximum Gasteiger partial charge on any atom is 0.138 e. The number of hydrogen-bond acceptors (Lipinski definition) is 4. The van der Waals surface area contributed by atoms with Crippen molar-refractivity contribution in [1.29, 1.82) is 0 Å². The highest BCUT2D eigenvalue weighted by Crippen LogP contribution is 2.29. The van der Waals surface area contributed by atoms with Gasteiger partial charge in [0.25, 0.3) is 0 Å². The van der Waals surface area contributed by atoms with Gasteiger partial charge in [0.05, 0.1) is 5.69 Å². The van der Waals surface area contributed by atoms with Crippen LogP contribution in [0, 0.1) is 0 Å². The topological polar surface area (TPSA) is 54.8 Å². The Morgan fingerprint density at radius 2 is 1.96 bits per heavy atom. The minimum absolute atomic E-state index is 0.133. The highest BCUT2D eigenvalue weighted by Gasteiger charge is 2.37. The molecule has 0 bridgehead atoms. The molecule has 1 aromatic heterocycles. The van der Waals surface area contributed by atoms with E-state index in [1.165, 1.54) is 11.9 Å². The molecule has 0 atom stereocenters. The molecule has 2 aromatic rings. The third kappa shape index (κ3) is 4.15. The zero-order chi connectivity index (χ0) is 17.4. The predicted molar refractivity (Wildman–Crippen MR) is 97.5 cm³/mol. The zero-order valence-electron chi connectivity index (χ0n) is 14.8. The van der Waals surface area contributed by atoms with E-state index in [2.05, 4.69) is 54.5 Å². The van der Waals surface area contributed by atoms with Gasteiger partial charge in [0.2, 0.25) is 0 Å². The number of piperidine rings is 1. The minimum Gasteiger partial charge on any atom is -0.310 e. The second-order valence-corrected chi connectivity index (χ2v) is 8.43. The van der Waals surface area contributed by atoms with Gasteiger partial charge in [0.15, 0.2) is 0 Å². The van der Waals surface area contributed by atoms with Gasteiger partial charge < -0.3 is 10.6 Å². The molecule has 5 nitrogen and oxygen atoms in total. The van der Waals surface area contributed by atoms with Crippen LogP contribution in [0.25, 0.3) is 5.69 Å². The van der Waals surface area contributed by atoms with Crippen molar-refractivity contribution in [3.63, 3.8) is 0 Å². The summed E-state index contributed by atoms with van der Waals surface area (Å²) in [5.74, 6) is 0. The van der Waals surface area contributed by atoms with Crippen molar-refractivity contribution < 1.29 is 0 Å². The molecular weight excluding hydrogens is 322 g/mol. The average Bonchev–Trinajstić information content (AvgIpc) is 2.96. The van der Waals surface area contributed by atoms with Crippen LogP contribution in [0.1, 0.15) is 46.1 Å². The van der Waals surface area contributed by atoms with Crippen LogP contribution in [0.2, 0.25) is 5.02 Å². The minimum atomic E-state index is 0.133. The summed E-state index contributed by atoms with van der Waals surface area (Å²) in [6.45, 7) is 9.86. The summed E-state index contributed by atoms with van der Waals surface area (Å²) in [5, 5.41) is 12.4. The van der Waals surface area contributed by atoms with Crippen molar-refractivity contribution in [2.75, 3.05) is 0 Å². The van der Waals surface area contributed by atoms with Crippen molar-refractivity contribution in [2.24, 2.45) is 0 Å². The standard InChI is InChI=1S/C18H26ClN5/c1-17(2)8-15(9-18(3,4)23-17)21-10-13-5-6-14(19)7-16(13)24-12-20-11-22-24/h5-7,11-12,15,21,23H,8-10H2,1-4H3. The predicted octanol–water partition coefficient (Wildman–Crippen LogP) is 3.32. The maximum atomic E-state index is 6.17. The summed E-state index contributed by atoms with van der Waals surface area (Å²) in [4.78, 5) is 4.04. The Balaban J connectivity index is 1.75. The number of nitrogens with zero attached hydrogens (tertiary/aromatic N) is 3. The average molecular weight is 348 g/mol. The van der Waals surface area contributed by atoms with Crippen molar-refractivity contribution in [3.8, 4) is 5.69 Å². The molecule has 0 amide bonds. The van der Waals surface area contributed by atoms with E-state index >= 15 is 0 Å². The first kappa shape index (κ1) is 17.4. The summed E-state index contributed by atoms with van der Waals surface area (Å²) >= 11 is 6.17. The van der Waals surface area contributed by atoms with Gasteiger partial charge in [-0.25, -0.2) is 9.67 Å². The highest BCUT2D eigenvalue weighted by atomic mass is 35.5. The van der Waals surface area contributed by atoms with Gasteiger partial charge in [-0.05, 0) is 58.2 Å². The van der Waals surface area contributed by atoms with Crippen LogP contribution in [0.15, 0.2) is 30.9 Å².